The number of rotatable bonds is 4. The zero-order chi connectivity index (χ0) is 13.8. The molecule has 2 amide bonds. The third-order valence-corrected chi connectivity index (χ3v) is 3.55. The SMILES string of the molecule is Cl.NCCNC(=O)C1CC(=O)N(c2cccc(Br)c2)C1. The number of nitrogens with two attached hydrogens (primary N) is 1. The van der Waals surface area contributed by atoms with E-state index in [-0.39, 0.29) is 36.6 Å². The van der Waals surface area contributed by atoms with Gasteiger partial charge >= 0.3 is 0 Å². The first-order valence-corrected chi connectivity index (χ1v) is 6.95. The van der Waals surface area contributed by atoms with Crippen molar-refractivity contribution in [2.75, 3.05) is 24.5 Å². The molecule has 0 saturated carbocycles. The molecule has 3 N–H and O–H groups in total. The Hall–Kier alpha value is -1.11. The smallest absolute Gasteiger partial charge is 0.227 e. The van der Waals surface area contributed by atoms with Gasteiger partial charge in [0.25, 0.3) is 0 Å². The summed E-state index contributed by atoms with van der Waals surface area (Å²) in [5, 5.41) is 2.73. The van der Waals surface area contributed by atoms with Gasteiger partial charge in [-0.25, -0.2) is 0 Å². The molecule has 1 aliphatic rings. The van der Waals surface area contributed by atoms with Crippen molar-refractivity contribution in [1.29, 1.82) is 0 Å². The van der Waals surface area contributed by atoms with E-state index < -0.39 is 0 Å². The van der Waals surface area contributed by atoms with Gasteiger partial charge in [-0.1, -0.05) is 22.0 Å². The molecule has 1 heterocycles. The largest absolute Gasteiger partial charge is 0.355 e. The van der Waals surface area contributed by atoms with E-state index in [4.69, 9.17) is 5.73 Å². The summed E-state index contributed by atoms with van der Waals surface area (Å²) in [6.07, 6.45) is 0.253. The van der Waals surface area contributed by atoms with Gasteiger partial charge in [0.05, 0.1) is 5.92 Å². The summed E-state index contributed by atoms with van der Waals surface area (Å²) in [5.41, 5.74) is 6.15. The Kier molecular flexibility index (Phi) is 6.45. The molecule has 1 unspecified atom stereocenters. The van der Waals surface area contributed by atoms with Crippen molar-refractivity contribution >= 4 is 45.8 Å². The summed E-state index contributed by atoms with van der Waals surface area (Å²) in [6, 6.07) is 7.50. The van der Waals surface area contributed by atoms with Crippen LogP contribution < -0.4 is 16.0 Å². The number of carbonyl (C=O) groups excluding carboxylic acids is 2. The molecule has 7 heteroatoms. The monoisotopic (exact) mass is 361 g/mol. The van der Waals surface area contributed by atoms with Gasteiger partial charge in [-0.05, 0) is 18.2 Å². The molecular weight excluding hydrogens is 346 g/mol. The fourth-order valence-electron chi connectivity index (χ4n) is 2.12. The zero-order valence-corrected chi connectivity index (χ0v) is 13.2. The average molecular weight is 363 g/mol. The lowest BCUT2D eigenvalue weighted by Crippen LogP contribution is -2.35. The number of hydrogen-bond acceptors (Lipinski definition) is 3. The van der Waals surface area contributed by atoms with Gasteiger partial charge in [0, 0.05) is 36.2 Å². The number of hydrogen-bond donors (Lipinski definition) is 2. The van der Waals surface area contributed by atoms with Crippen molar-refractivity contribution < 1.29 is 9.59 Å². The summed E-state index contributed by atoms with van der Waals surface area (Å²) >= 11 is 3.38. The van der Waals surface area contributed by atoms with Crippen LogP contribution in [0.1, 0.15) is 6.42 Å². The predicted octanol–water partition coefficient (Wildman–Crippen LogP) is 1.30. The van der Waals surface area contributed by atoms with Crippen LogP contribution in [0.25, 0.3) is 0 Å². The fourth-order valence-corrected chi connectivity index (χ4v) is 2.50. The van der Waals surface area contributed by atoms with Crippen molar-refractivity contribution in [2.45, 2.75) is 6.42 Å². The quantitative estimate of drug-likeness (QED) is 0.848. The number of benzene rings is 1. The number of nitrogens with zero attached hydrogens (tertiary/aromatic N) is 1. The highest BCUT2D eigenvalue weighted by molar-refractivity contribution is 9.10. The van der Waals surface area contributed by atoms with Gasteiger partial charge in [-0.2, -0.15) is 0 Å². The van der Waals surface area contributed by atoms with E-state index in [9.17, 15) is 9.59 Å². The average Bonchev–Trinajstić information content (AvgIpc) is 2.78. The second-order valence-corrected chi connectivity index (χ2v) is 5.38. The van der Waals surface area contributed by atoms with E-state index in [0.29, 0.717) is 19.6 Å². The van der Waals surface area contributed by atoms with Gasteiger partial charge in [0.1, 0.15) is 0 Å². The van der Waals surface area contributed by atoms with Crippen LogP contribution in [0.4, 0.5) is 5.69 Å². The standard InChI is InChI=1S/C13H16BrN3O2.ClH/c14-10-2-1-3-11(7-10)17-8-9(6-12(17)18)13(19)16-5-4-15;/h1-3,7,9H,4-6,8,15H2,(H,16,19);1H. The highest BCUT2D eigenvalue weighted by Crippen LogP contribution is 2.27. The van der Waals surface area contributed by atoms with E-state index in [1.807, 2.05) is 24.3 Å². The Morgan fingerprint density at radius 3 is 2.90 bits per heavy atom. The third-order valence-electron chi connectivity index (χ3n) is 3.06. The number of halogens is 2. The number of amides is 2. The van der Waals surface area contributed by atoms with Crippen molar-refractivity contribution in [3.05, 3.63) is 28.7 Å². The van der Waals surface area contributed by atoms with Crippen molar-refractivity contribution in [2.24, 2.45) is 11.7 Å². The van der Waals surface area contributed by atoms with Crippen LogP contribution in [-0.4, -0.2) is 31.4 Å². The van der Waals surface area contributed by atoms with Gasteiger partial charge in [0.2, 0.25) is 11.8 Å². The third kappa shape index (κ3) is 3.94. The predicted molar refractivity (Wildman–Crippen MR) is 83.9 cm³/mol. The maximum atomic E-state index is 12.0. The molecule has 0 spiro atoms. The van der Waals surface area contributed by atoms with Crippen molar-refractivity contribution in [3.63, 3.8) is 0 Å². The minimum Gasteiger partial charge on any atom is -0.355 e. The van der Waals surface area contributed by atoms with Crippen LogP contribution in [0, 0.1) is 5.92 Å². The molecule has 1 atom stereocenters. The Morgan fingerprint density at radius 2 is 2.25 bits per heavy atom. The topological polar surface area (TPSA) is 75.4 Å². The van der Waals surface area contributed by atoms with E-state index in [1.165, 1.54) is 0 Å². The molecule has 0 aliphatic carbocycles. The second-order valence-electron chi connectivity index (χ2n) is 4.46. The molecule has 0 aromatic heterocycles. The molecule has 1 fully saturated rings. The lowest BCUT2D eigenvalue weighted by atomic mass is 10.1. The molecule has 1 saturated heterocycles. The summed E-state index contributed by atoms with van der Waals surface area (Å²) in [5.74, 6) is -0.416. The molecule has 1 aromatic carbocycles. The Labute approximate surface area is 132 Å². The lowest BCUT2D eigenvalue weighted by Gasteiger charge is -2.17. The second kappa shape index (κ2) is 7.61. The minimum atomic E-state index is -0.293. The summed E-state index contributed by atoms with van der Waals surface area (Å²) in [6.45, 7) is 1.27. The number of anilines is 1. The summed E-state index contributed by atoms with van der Waals surface area (Å²) < 4.78 is 0.911. The normalized spacial score (nSPS) is 17.8. The number of nitrogens with one attached hydrogen (secondary N) is 1. The minimum absolute atomic E-state index is 0. The molecule has 0 bridgehead atoms. The van der Waals surface area contributed by atoms with Crippen LogP contribution in [0.2, 0.25) is 0 Å². The van der Waals surface area contributed by atoms with Crippen LogP contribution in [0.5, 0.6) is 0 Å². The summed E-state index contributed by atoms with van der Waals surface area (Å²) in [4.78, 5) is 25.5. The fraction of sp³-hybridized carbons (Fsp3) is 0.385. The molecule has 2 rings (SSSR count). The lowest BCUT2D eigenvalue weighted by molar-refractivity contribution is -0.126. The Balaban J connectivity index is 0.00000200. The first-order chi connectivity index (χ1) is 9.11. The molecule has 1 aromatic rings. The van der Waals surface area contributed by atoms with Crippen LogP contribution in [0.3, 0.4) is 0 Å². The molecule has 5 nitrogen and oxygen atoms in total. The zero-order valence-electron chi connectivity index (χ0n) is 10.8. The maximum Gasteiger partial charge on any atom is 0.227 e. The first-order valence-electron chi connectivity index (χ1n) is 6.15. The molecule has 1 aliphatic heterocycles. The highest BCUT2D eigenvalue weighted by atomic mass is 79.9. The van der Waals surface area contributed by atoms with E-state index in [2.05, 4.69) is 21.2 Å². The van der Waals surface area contributed by atoms with Crippen LogP contribution >= 0.6 is 28.3 Å². The maximum absolute atomic E-state index is 12.0. The highest BCUT2D eigenvalue weighted by Gasteiger charge is 2.34. The summed E-state index contributed by atoms with van der Waals surface area (Å²) in [7, 11) is 0. The van der Waals surface area contributed by atoms with E-state index in [1.54, 1.807) is 4.90 Å². The van der Waals surface area contributed by atoms with Gasteiger partial charge < -0.3 is 16.0 Å². The van der Waals surface area contributed by atoms with Gasteiger partial charge in [-0.15, -0.1) is 12.4 Å². The Morgan fingerprint density at radius 1 is 1.50 bits per heavy atom. The van der Waals surface area contributed by atoms with Gasteiger partial charge in [0.15, 0.2) is 0 Å². The van der Waals surface area contributed by atoms with Crippen molar-refractivity contribution in [3.8, 4) is 0 Å². The molecule has 0 radical (unpaired) electrons. The molecule has 20 heavy (non-hydrogen) atoms. The molecular formula is C13H17BrClN3O2. The van der Waals surface area contributed by atoms with Crippen LogP contribution in [0.15, 0.2) is 28.7 Å². The van der Waals surface area contributed by atoms with E-state index >= 15 is 0 Å². The first kappa shape index (κ1) is 16.9. The Bertz CT molecular complexity index is 498. The number of carbonyl (C=O) groups is 2. The van der Waals surface area contributed by atoms with Crippen LogP contribution in [-0.2, 0) is 9.59 Å². The van der Waals surface area contributed by atoms with E-state index in [0.717, 1.165) is 10.2 Å². The molecule has 110 valence electrons. The van der Waals surface area contributed by atoms with Crippen molar-refractivity contribution in [1.82, 2.24) is 5.32 Å². The van der Waals surface area contributed by atoms with Gasteiger partial charge in [-0.3, -0.25) is 9.59 Å².